The molecule has 2 fully saturated rings. The molecule has 1 spiro atoms. The van der Waals surface area contributed by atoms with Crippen LogP contribution in [-0.2, 0) is 0 Å². The lowest BCUT2D eigenvalue weighted by atomic mass is 9.87. The summed E-state index contributed by atoms with van der Waals surface area (Å²) in [6.07, 6.45) is 7.32. The highest BCUT2D eigenvalue weighted by Crippen LogP contribution is 2.50. The fourth-order valence-corrected chi connectivity index (χ4v) is 2.85. The Morgan fingerprint density at radius 2 is 2.08 bits per heavy atom. The van der Waals surface area contributed by atoms with Crippen molar-refractivity contribution in [3.05, 3.63) is 0 Å². The summed E-state index contributed by atoms with van der Waals surface area (Å²) < 4.78 is 0. The highest BCUT2D eigenvalue weighted by Gasteiger charge is 2.49. The van der Waals surface area contributed by atoms with Gasteiger partial charge in [0.1, 0.15) is 0 Å². The largest absolute Gasteiger partial charge is 0.298 e. The first-order valence-corrected chi connectivity index (χ1v) is 5.56. The van der Waals surface area contributed by atoms with Gasteiger partial charge in [-0.1, -0.05) is 20.3 Å². The van der Waals surface area contributed by atoms with E-state index in [0.717, 1.165) is 5.92 Å². The average molecular weight is 167 g/mol. The number of piperidine rings is 1. The number of hydrogen-bond acceptors (Lipinski definition) is 1. The van der Waals surface area contributed by atoms with Crippen LogP contribution in [0.5, 0.6) is 0 Å². The Morgan fingerprint density at radius 1 is 1.33 bits per heavy atom. The maximum atomic E-state index is 2.72. The van der Waals surface area contributed by atoms with E-state index in [1.807, 2.05) is 0 Å². The first-order chi connectivity index (χ1) is 5.80. The van der Waals surface area contributed by atoms with Gasteiger partial charge in [-0.15, -0.1) is 0 Å². The number of rotatable bonds is 2. The fraction of sp³-hybridized carbons (Fsp3) is 1.00. The van der Waals surface area contributed by atoms with Crippen molar-refractivity contribution in [2.75, 3.05) is 13.1 Å². The molecule has 1 unspecified atom stereocenters. The number of likely N-dealkylation sites (tertiary alicyclic amines) is 1. The molecule has 1 aliphatic heterocycles. The minimum Gasteiger partial charge on any atom is -0.298 e. The Labute approximate surface area is 76.1 Å². The van der Waals surface area contributed by atoms with Gasteiger partial charge in [0.05, 0.1) is 0 Å². The summed E-state index contributed by atoms with van der Waals surface area (Å²) in [7, 11) is 0. The van der Waals surface area contributed by atoms with Crippen molar-refractivity contribution >= 4 is 0 Å². The molecule has 1 saturated carbocycles. The molecule has 0 aromatic heterocycles. The Balaban J connectivity index is 1.98. The van der Waals surface area contributed by atoms with Gasteiger partial charge < -0.3 is 0 Å². The molecule has 2 aliphatic rings. The monoisotopic (exact) mass is 167 g/mol. The molecule has 0 N–H and O–H groups in total. The van der Waals surface area contributed by atoms with Crippen molar-refractivity contribution in [2.24, 2.45) is 5.92 Å². The molecule has 2 rings (SSSR count). The van der Waals surface area contributed by atoms with Crippen LogP contribution in [0.25, 0.3) is 0 Å². The van der Waals surface area contributed by atoms with Gasteiger partial charge in [-0.05, 0) is 44.7 Å². The van der Waals surface area contributed by atoms with E-state index >= 15 is 0 Å². The van der Waals surface area contributed by atoms with Crippen molar-refractivity contribution in [3.63, 3.8) is 0 Å². The van der Waals surface area contributed by atoms with Crippen molar-refractivity contribution in [2.45, 2.75) is 51.5 Å². The minimum atomic E-state index is 0.702. The average Bonchev–Trinajstić information content (AvgIpc) is 2.85. The lowest BCUT2D eigenvalue weighted by molar-refractivity contribution is 0.0982. The smallest absolute Gasteiger partial charge is 0.0213 e. The first-order valence-electron chi connectivity index (χ1n) is 5.56. The predicted octanol–water partition coefficient (Wildman–Crippen LogP) is 2.66. The topological polar surface area (TPSA) is 3.24 Å². The quantitative estimate of drug-likeness (QED) is 0.611. The van der Waals surface area contributed by atoms with Crippen molar-refractivity contribution in [1.82, 2.24) is 4.90 Å². The van der Waals surface area contributed by atoms with Crippen molar-refractivity contribution in [3.8, 4) is 0 Å². The fourth-order valence-electron chi connectivity index (χ4n) is 2.85. The molecule has 70 valence electrons. The predicted molar refractivity (Wildman–Crippen MR) is 52.2 cm³/mol. The van der Waals surface area contributed by atoms with Crippen LogP contribution in [0.3, 0.4) is 0 Å². The standard InChI is InChI=1S/C11H21N/c1-3-10-5-8-12(4-2)11(9-10)6-7-11/h10H,3-9H2,1-2H3. The second-order valence-corrected chi connectivity index (χ2v) is 4.57. The summed E-state index contributed by atoms with van der Waals surface area (Å²) in [6.45, 7) is 7.31. The SMILES string of the molecule is CCC1CCN(CC)C2(CC2)C1. The van der Waals surface area contributed by atoms with Crippen LogP contribution in [0.2, 0.25) is 0 Å². The van der Waals surface area contributed by atoms with Gasteiger partial charge in [-0.2, -0.15) is 0 Å². The molecule has 0 radical (unpaired) electrons. The molecule has 0 bridgehead atoms. The highest BCUT2D eigenvalue weighted by atomic mass is 15.2. The second kappa shape index (κ2) is 3.02. The first kappa shape index (κ1) is 8.55. The molecule has 12 heavy (non-hydrogen) atoms. The van der Waals surface area contributed by atoms with E-state index in [0.29, 0.717) is 5.54 Å². The Bertz CT molecular complexity index is 160. The molecule has 0 aromatic carbocycles. The van der Waals surface area contributed by atoms with E-state index < -0.39 is 0 Å². The van der Waals surface area contributed by atoms with Crippen molar-refractivity contribution in [1.29, 1.82) is 0 Å². The lowest BCUT2D eigenvalue weighted by Gasteiger charge is -2.39. The molecular weight excluding hydrogens is 146 g/mol. The van der Waals surface area contributed by atoms with E-state index in [4.69, 9.17) is 0 Å². The van der Waals surface area contributed by atoms with Gasteiger partial charge in [-0.25, -0.2) is 0 Å². The van der Waals surface area contributed by atoms with Gasteiger partial charge >= 0.3 is 0 Å². The van der Waals surface area contributed by atoms with Gasteiger partial charge in [0.15, 0.2) is 0 Å². The Morgan fingerprint density at radius 3 is 2.58 bits per heavy atom. The summed E-state index contributed by atoms with van der Waals surface area (Å²) in [5, 5.41) is 0. The summed E-state index contributed by atoms with van der Waals surface area (Å²) >= 11 is 0. The third kappa shape index (κ3) is 1.28. The summed E-state index contributed by atoms with van der Waals surface area (Å²) in [5.41, 5.74) is 0.702. The van der Waals surface area contributed by atoms with Crippen LogP contribution in [0.15, 0.2) is 0 Å². The van der Waals surface area contributed by atoms with E-state index in [1.165, 1.54) is 45.2 Å². The molecule has 1 heteroatoms. The third-order valence-corrected chi connectivity index (χ3v) is 3.93. The summed E-state index contributed by atoms with van der Waals surface area (Å²) in [6, 6.07) is 0. The van der Waals surface area contributed by atoms with Gasteiger partial charge in [0.25, 0.3) is 0 Å². The van der Waals surface area contributed by atoms with Crippen LogP contribution in [-0.4, -0.2) is 23.5 Å². The zero-order valence-electron chi connectivity index (χ0n) is 8.47. The Kier molecular flexibility index (Phi) is 2.16. The zero-order valence-corrected chi connectivity index (χ0v) is 8.47. The van der Waals surface area contributed by atoms with Crippen molar-refractivity contribution < 1.29 is 0 Å². The van der Waals surface area contributed by atoms with E-state index in [-0.39, 0.29) is 0 Å². The summed E-state index contributed by atoms with van der Waals surface area (Å²) in [4.78, 5) is 2.72. The van der Waals surface area contributed by atoms with Crippen LogP contribution in [0.1, 0.15) is 46.0 Å². The van der Waals surface area contributed by atoms with Crippen LogP contribution < -0.4 is 0 Å². The van der Waals surface area contributed by atoms with E-state index in [1.54, 1.807) is 0 Å². The third-order valence-electron chi connectivity index (χ3n) is 3.93. The molecule has 1 aliphatic carbocycles. The molecule has 1 heterocycles. The molecule has 0 amide bonds. The van der Waals surface area contributed by atoms with Gasteiger partial charge in [0, 0.05) is 5.54 Å². The zero-order chi connectivity index (χ0) is 8.60. The van der Waals surface area contributed by atoms with Crippen LogP contribution in [0, 0.1) is 5.92 Å². The molecule has 1 saturated heterocycles. The van der Waals surface area contributed by atoms with E-state index in [9.17, 15) is 0 Å². The molecule has 1 atom stereocenters. The second-order valence-electron chi connectivity index (χ2n) is 4.57. The van der Waals surface area contributed by atoms with Gasteiger partial charge in [-0.3, -0.25) is 4.90 Å². The highest BCUT2D eigenvalue weighted by molar-refractivity contribution is 5.06. The molecular formula is C11H21N. The number of nitrogens with zero attached hydrogens (tertiary/aromatic N) is 1. The maximum absolute atomic E-state index is 2.72. The Hall–Kier alpha value is -0.0400. The molecule has 1 nitrogen and oxygen atoms in total. The summed E-state index contributed by atoms with van der Waals surface area (Å²) in [5.74, 6) is 1.04. The van der Waals surface area contributed by atoms with E-state index in [2.05, 4.69) is 18.7 Å². The normalized spacial score (nSPS) is 34.0. The van der Waals surface area contributed by atoms with Gasteiger partial charge in [0.2, 0.25) is 0 Å². The maximum Gasteiger partial charge on any atom is 0.0213 e. The molecule has 0 aromatic rings. The van der Waals surface area contributed by atoms with Crippen LogP contribution >= 0.6 is 0 Å². The number of hydrogen-bond donors (Lipinski definition) is 0. The minimum absolute atomic E-state index is 0.702. The lowest BCUT2D eigenvalue weighted by Crippen LogP contribution is -2.44. The van der Waals surface area contributed by atoms with Crippen LogP contribution in [0.4, 0.5) is 0 Å².